The van der Waals surface area contributed by atoms with Gasteiger partial charge in [-0.1, -0.05) is 41.4 Å². The summed E-state index contributed by atoms with van der Waals surface area (Å²) in [7, 11) is 3.41. The molecule has 0 bridgehead atoms. The maximum atomic E-state index is 13.2. The van der Waals surface area contributed by atoms with Gasteiger partial charge >= 0.3 is 11.7 Å². The zero-order valence-corrected chi connectivity index (χ0v) is 21.9. The van der Waals surface area contributed by atoms with Gasteiger partial charge in [-0.2, -0.15) is 0 Å². The van der Waals surface area contributed by atoms with E-state index in [-0.39, 0.29) is 22.0 Å². The summed E-state index contributed by atoms with van der Waals surface area (Å²) in [5.74, 6) is -2.02. The molecule has 0 saturated carbocycles. The zero-order chi connectivity index (χ0) is 27.6. The van der Waals surface area contributed by atoms with Crippen molar-refractivity contribution in [3.8, 4) is 5.69 Å². The lowest BCUT2D eigenvalue weighted by atomic mass is 10.0. The van der Waals surface area contributed by atoms with E-state index in [1.807, 2.05) is 13.1 Å². The van der Waals surface area contributed by atoms with Crippen molar-refractivity contribution in [1.82, 2.24) is 24.8 Å². The SMILES string of the molecule is CNCc1ccc2c(=O)n(-c3ccc(C[C@H](NC(=O)c4c(Cl)cncc4Cl)C(=O)O)cc3)c(=O)n(C)c2c1. The summed E-state index contributed by atoms with van der Waals surface area (Å²) in [5, 5.41) is 15.5. The highest BCUT2D eigenvalue weighted by molar-refractivity contribution is 6.39. The molecule has 4 aromatic rings. The molecule has 196 valence electrons. The van der Waals surface area contributed by atoms with E-state index in [1.165, 1.54) is 17.0 Å². The number of pyridine rings is 1. The Morgan fingerprint density at radius 2 is 1.66 bits per heavy atom. The molecule has 0 aliphatic carbocycles. The van der Waals surface area contributed by atoms with E-state index in [1.54, 1.807) is 43.4 Å². The third-order valence-corrected chi connectivity index (χ3v) is 6.61. The van der Waals surface area contributed by atoms with Crippen molar-refractivity contribution < 1.29 is 14.7 Å². The lowest BCUT2D eigenvalue weighted by Gasteiger charge is -2.16. The number of aryl methyl sites for hydroxylation is 1. The molecule has 0 unspecified atom stereocenters. The molecule has 12 heteroatoms. The molecule has 38 heavy (non-hydrogen) atoms. The number of carbonyl (C=O) groups excluding carboxylic acids is 1. The maximum Gasteiger partial charge on any atom is 0.335 e. The number of amides is 1. The molecule has 0 radical (unpaired) electrons. The quantitative estimate of drug-likeness (QED) is 0.304. The van der Waals surface area contributed by atoms with Crippen molar-refractivity contribution in [3.63, 3.8) is 0 Å². The summed E-state index contributed by atoms with van der Waals surface area (Å²) >= 11 is 12.0. The number of rotatable bonds is 8. The van der Waals surface area contributed by atoms with Crippen LogP contribution in [0, 0.1) is 0 Å². The third-order valence-electron chi connectivity index (χ3n) is 6.03. The fourth-order valence-electron chi connectivity index (χ4n) is 4.11. The van der Waals surface area contributed by atoms with Gasteiger partial charge in [0.15, 0.2) is 0 Å². The van der Waals surface area contributed by atoms with E-state index in [0.29, 0.717) is 28.7 Å². The average Bonchev–Trinajstić information content (AvgIpc) is 2.88. The highest BCUT2D eigenvalue weighted by atomic mass is 35.5. The van der Waals surface area contributed by atoms with E-state index >= 15 is 0 Å². The number of carbonyl (C=O) groups is 2. The second-order valence-electron chi connectivity index (χ2n) is 8.58. The molecule has 3 N–H and O–H groups in total. The molecule has 4 rings (SSSR count). The second-order valence-corrected chi connectivity index (χ2v) is 9.39. The van der Waals surface area contributed by atoms with E-state index in [4.69, 9.17) is 23.2 Å². The van der Waals surface area contributed by atoms with Gasteiger partial charge in [0.2, 0.25) is 0 Å². The molecule has 2 heterocycles. The van der Waals surface area contributed by atoms with E-state index in [2.05, 4.69) is 15.6 Å². The molecule has 0 fully saturated rings. The number of hydrogen-bond acceptors (Lipinski definition) is 6. The van der Waals surface area contributed by atoms with Crippen LogP contribution in [0.4, 0.5) is 0 Å². The van der Waals surface area contributed by atoms with Gasteiger partial charge in [-0.3, -0.25) is 19.1 Å². The monoisotopic (exact) mass is 555 g/mol. The third kappa shape index (κ3) is 5.33. The number of nitrogens with one attached hydrogen (secondary N) is 2. The largest absolute Gasteiger partial charge is 0.480 e. The number of halogens is 2. The Labute approximate surface area is 226 Å². The van der Waals surface area contributed by atoms with Crippen LogP contribution in [0.25, 0.3) is 16.6 Å². The summed E-state index contributed by atoms with van der Waals surface area (Å²) in [6, 6.07) is 10.3. The van der Waals surface area contributed by atoms with Crippen LogP contribution in [-0.2, 0) is 24.8 Å². The number of aromatic nitrogens is 3. The number of carboxylic acids is 1. The first-order valence-electron chi connectivity index (χ1n) is 11.4. The minimum atomic E-state index is -1.29. The van der Waals surface area contributed by atoms with E-state index in [0.717, 1.165) is 10.1 Å². The fraction of sp³-hybridized carbons (Fsp3) is 0.192. The van der Waals surface area contributed by atoms with Gasteiger partial charge in [-0.05, 0) is 42.4 Å². The van der Waals surface area contributed by atoms with Gasteiger partial charge in [-0.25, -0.2) is 14.2 Å². The predicted octanol–water partition coefficient (Wildman–Crippen LogP) is 2.54. The number of nitrogens with zero attached hydrogens (tertiary/aromatic N) is 3. The Hall–Kier alpha value is -3.99. The van der Waals surface area contributed by atoms with Crippen LogP contribution in [0.1, 0.15) is 21.5 Å². The first kappa shape index (κ1) is 27.1. The second kappa shape index (κ2) is 11.2. The normalized spacial score (nSPS) is 11.9. The topological polar surface area (TPSA) is 135 Å². The Balaban J connectivity index is 1.62. The van der Waals surface area contributed by atoms with Crippen LogP contribution in [0.15, 0.2) is 64.4 Å². The minimum Gasteiger partial charge on any atom is -0.480 e. The standard InChI is InChI=1S/C26H23Cl2N5O5/c1-29-11-15-5-8-17-21(10-15)32(2)26(38)33(24(17)35)16-6-3-14(4-7-16)9-20(25(36)37)31-23(34)22-18(27)12-30-13-19(22)28/h3-8,10,12-13,20,29H,9,11H2,1-2H3,(H,31,34)(H,36,37)/t20-/m0/s1. The first-order chi connectivity index (χ1) is 18.1. The Bertz CT molecular complexity index is 1640. The van der Waals surface area contributed by atoms with Gasteiger partial charge in [0, 0.05) is 32.4 Å². The number of hydrogen-bond donors (Lipinski definition) is 3. The molecular formula is C26H23Cl2N5O5. The van der Waals surface area contributed by atoms with Gasteiger partial charge in [0.1, 0.15) is 6.04 Å². The van der Waals surface area contributed by atoms with E-state index in [9.17, 15) is 24.3 Å². The lowest BCUT2D eigenvalue weighted by Crippen LogP contribution is -2.42. The molecule has 1 amide bonds. The number of fused-ring (bicyclic) bond motifs is 1. The van der Waals surface area contributed by atoms with Gasteiger partial charge in [0.25, 0.3) is 11.5 Å². The fourth-order valence-corrected chi connectivity index (χ4v) is 4.65. The Morgan fingerprint density at radius 3 is 2.26 bits per heavy atom. The Kier molecular flexibility index (Phi) is 7.96. The molecule has 2 aromatic carbocycles. The van der Waals surface area contributed by atoms with E-state index < -0.39 is 29.2 Å². The average molecular weight is 556 g/mol. The Morgan fingerprint density at radius 1 is 1.03 bits per heavy atom. The summed E-state index contributed by atoms with van der Waals surface area (Å²) in [6.07, 6.45) is 2.40. The molecule has 2 aromatic heterocycles. The predicted molar refractivity (Wildman–Crippen MR) is 144 cm³/mol. The lowest BCUT2D eigenvalue weighted by molar-refractivity contribution is -0.139. The molecule has 1 atom stereocenters. The van der Waals surface area contributed by atoms with Crippen molar-refractivity contribution >= 4 is 46.0 Å². The van der Waals surface area contributed by atoms with Gasteiger partial charge < -0.3 is 15.7 Å². The van der Waals surface area contributed by atoms with Crippen molar-refractivity contribution in [2.45, 2.75) is 19.0 Å². The van der Waals surface area contributed by atoms with Crippen molar-refractivity contribution in [1.29, 1.82) is 0 Å². The molecule has 0 saturated heterocycles. The summed E-state index contributed by atoms with van der Waals surface area (Å²) in [4.78, 5) is 54.6. The number of benzene rings is 2. The van der Waals surface area contributed by atoms with Crippen LogP contribution >= 0.6 is 23.2 Å². The van der Waals surface area contributed by atoms with Crippen LogP contribution in [-0.4, -0.2) is 44.2 Å². The summed E-state index contributed by atoms with van der Waals surface area (Å²) in [5.41, 5.74) is 1.28. The van der Waals surface area contributed by atoms with Crippen LogP contribution in [0.5, 0.6) is 0 Å². The van der Waals surface area contributed by atoms with Crippen LogP contribution < -0.4 is 21.9 Å². The number of aliphatic carboxylic acids is 1. The van der Waals surface area contributed by atoms with Crippen molar-refractivity contribution in [2.75, 3.05) is 7.05 Å². The van der Waals surface area contributed by atoms with Crippen LogP contribution in [0.2, 0.25) is 10.0 Å². The molecule has 0 aliphatic rings. The molecular weight excluding hydrogens is 533 g/mol. The van der Waals surface area contributed by atoms with Crippen molar-refractivity contribution in [2.24, 2.45) is 7.05 Å². The smallest absolute Gasteiger partial charge is 0.335 e. The summed E-state index contributed by atoms with van der Waals surface area (Å²) in [6.45, 7) is 0.592. The van der Waals surface area contributed by atoms with Gasteiger partial charge in [-0.15, -0.1) is 0 Å². The van der Waals surface area contributed by atoms with Crippen molar-refractivity contribution in [3.05, 3.63) is 102 Å². The minimum absolute atomic E-state index is 0.0100. The summed E-state index contributed by atoms with van der Waals surface area (Å²) < 4.78 is 2.48. The molecule has 10 nitrogen and oxygen atoms in total. The number of carboxylic acid groups (broad SMARTS) is 1. The molecule has 0 aliphatic heterocycles. The highest BCUT2D eigenvalue weighted by Crippen LogP contribution is 2.23. The highest BCUT2D eigenvalue weighted by Gasteiger charge is 2.24. The zero-order valence-electron chi connectivity index (χ0n) is 20.4. The molecule has 0 spiro atoms. The van der Waals surface area contributed by atoms with Gasteiger partial charge in [0.05, 0.1) is 32.2 Å². The first-order valence-corrected chi connectivity index (χ1v) is 12.2. The maximum absolute atomic E-state index is 13.2. The van der Waals surface area contributed by atoms with Crippen LogP contribution in [0.3, 0.4) is 0 Å².